The Morgan fingerprint density at radius 1 is 1.25 bits per heavy atom. The Bertz CT molecular complexity index is 1130. The number of esters is 1. The summed E-state index contributed by atoms with van der Waals surface area (Å²) in [5.41, 5.74) is 2.13. The van der Waals surface area contributed by atoms with Gasteiger partial charge < -0.3 is 14.6 Å². The Kier molecular flexibility index (Phi) is 8.02. The zero-order valence-electron chi connectivity index (χ0n) is 18.7. The predicted molar refractivity (Wildman–Crippen MR) is 124 cm³/mol. The van der Waals surface area contributed by atoms with Crippen molar-refractivity contribution in [3.05, 3.63) is 57.3 Å². The van der Waals surface area contributed by atoms with Gasteiger partial charge in [0.2, 0.25) is 0 Å². The molecule has 8 heteroatoms. The molecule has 1 aromatic heterocycles. The van der Waals surface area contributed by atoms with Gasteiger partial charge in [-0.05, 0) is 68.7 Å². The van der Waals surface area contributed by atoms with Crippen LogP contribution in [0.3, 0.4) is 0 Å². The summed E-state index contributed by atoms with van der Waals surface area (Å²) < 4.78 is 7.99. The number of benzene rings is 1. The summed E-state index contributed by atoms with van der Waals surface area (Å²) in [6, 6.07) is 13.6. The quantitative estimate of drug-likeness (QED) is 0.348. The Hall–Kier alpha value is -3.36. The number of hydrogen-bond donors (Lipinski definition) is 1. The molecule has 1 N–H and O–H groups in total. The second-order valence-electron chi connectivity index (χ2n) is 7.90. The lowest BCUT2D eigenvalue weighted by Crippen LogP contribution is -2.50. The molecular formula is C24H25BrN4O3. The van der Waals surface area contributed by atoms with Gasteiger partial charge in [0.1, 0.15) is 17.2 Å². The molecule has 0 saturated carbocycles. The van der Waals surface area contributed by atoms with Crippen LogP contribution in [0, 0.1) is 42.4 Å². The van der Waals surface area contributed by atoms with E-state index in [9.17, 15) is 20.1 Å². The summed E-state index contributed by atoms with van der Waals surface area (Å²) >= 11 is 3.42. The van der Waals surface area contributed by atoms with E-state index in [0.717, 1.165) is 21.5 Å². The number of carbonyl (C=O) groups is 2. The van der Waals surface area contributed by atoms with Crippen LogP contribution in [0.1, 0.15) is 37.7 Å². The molecule has 0 saturated heterocycles. The third-order valence-electron chi connectivity index (χ3n) is 5.32. The molecule has 0 bridgehead atoms. The maximum Gasteiger partial charge on any atom is 0.349 e. The van der Waals surface area contributed by atoms with Gasteiger partial charge in [0, 0.05) is 21.5 Å². The fourth-order valence-corrected chi connectivity index (χ4v) is 3.31. The van der Waals surface area contributed by atoms with Crippen molar-refractivity contribution in [3.63, 3.8) is 0 Å². The van der Waals surface area contributed by atoms with Gasteiger partial charge in [-0.2, -0.15) is 10.5 Å². The number of amides is 1. The number of rotatable bonds is 7. The van der Waals surface area contributed by atoms with E-state index >= 15 is 0 Å². The fraction of sp³-hybridized carbons (Fsp3) is 0.333. The van der Waals surface area contributed by atoms with Crippen molar-refractivity contribution in [1.82, 2.24) is 9.88 Å². The smallest absolute Gasteiger partial charge is 0.349 e. The van der Waals surface area contributed by atoms with Gasteiger partial charge in [0.25, 0.3) is 5.91 Å². The molecule has 0 aliphatic heterocycles. The van der Waals surface area contributed by atoms with E-state index in [1.807, 2.05) is 54.8 Å². The first-order valence-corrected chi connectivity index (χ1v) is 10.8. The molecule has 7 nitrogen and oxygen atoms in total. The van der Waals surface area contributed by atoms with Crippen LogP contribution in [0.4, 0.5) is 0 Å². The van der Waals surface area contributed by atoms with Crippen molar-refractivity contribution in [1.29, 1.82) is 10.5 Å². The first-order valence-electron chi connectivity index (χ1n) is 9.98. The predicted octanol–water partition coefficient (Wildman–Crippen LogP) is 4.36. The largest absolute Gasteiger partial charge is 0.451 e. The van der Waals surface area contributed by atoms with E-state index in [1.165, 1.54) is 6.08 Å². The maximum atomic E-state index is 12.4. The van der Waals surface area contributed by atoms with Gasteiger partial charge in [-0.15, -0.1) is 0 Å². The lowest BCUT2D eigenvalue weighted by Gasteiger charge is -2.27. The van der Waals surface area contributed by atoms with E-state index in [1.54, 1.807) is 20.8 Å². The summed E-state index contributed by atoms with van der Waals surface area (Å²) in [4.78, 5) is 24.5. The molecule has 32 heavy (non-hydrogen) atoms. The van der Waals surface area contributed by atoms with Crippen molar-refractivity contribution in [3.8, 4) is 17.8 Å². The molecule has 0 fully saturated rings. The zero-order valence-corrected chi connectivity index (χ0v) is 20.3. The van der Waals surface area contributed by atoms with E-state index in [0.29, 0.717) is 5.56 Å². The van der Waals surface area contributed by atoms with Crippen LogP contribution in [0.2, 0.25) is 0 Å². The van der Waals surface area contributed by atoms with Gasteiger partial charge in [-0.3, -0.25) is 4.79 Å². The van der Waals surface area contributed by atoms with Crippen molar-refractivity contribution >= 4 is 33.9 Å². The van der Waals surface area contributed by atoms with Gasteiger partial charge in [-0.1, -0.05) is 29.8 Å². The minimum absolute atomic E-state index is 0.136. The SMILES string of the molecule is Cc1cc(/C=C(\C#N)C(=O)OCC(=O)N[C@@](C)(C#N)C(C)C)c(C)n1-c1ccc(Br)cc1. The van der Waals surface area contributed by atoms with Crippen LogP contribution in [-0.4, -0.2) is 28.6 Å². The van der Waals surface area contributed by atoms with Crippen LogP contribution >= 0.6 is 15.9 Å². The van der Waals surface area contributed by atoms with Gasteiger partial charge in [0.05, 0.1) is 6.07 Å². The molecule has 0 aliphatic rings. The minimum atomic E-state index is -1.08. The van der Waals surface area contributed by atoms with Gasteiger partial charge >= 0.3 is 5.97 Å². The van der Waals surface area contributed by atoms with Crippen LogP contribution in [0.5, 0.6) is 0 Å². The summed E-state index contributed by atoms with van der Waals surface area (Å²) in [5.74, 6) is -1.65. The molecule has 1 heterocycles. The van der Waals surface area contributed by atoms with Gasteiger partial charge in [0.15, 0.2) is 6.61 Å². The van der Waals surface area contributed by atoms with Crippen molar-refractivity contribution in [2.24, 2.45) is 5.92 Å². The Balaban J connectivity index is 2.18. The number of nitriles is 2. The maximum absolute atomic E-state index is 12.4. The molecule has 0 radical (unpaired) electrons. The monoisotopic (exact) mass is 496 g/mol. The summed E-state index contributed by atoms with van der Waals surface area (Å²) in [6.07, 6.45) is 1.45. The number of nitrogens with one attached hydrogen (secondary N) is 1. The molecule has 2 rings (SSSR count). The number of aromatic nitrogens is 1. The lowest BCUT2D eigenvalue weighted by molar-refractivity contribution is -0.144. The lowest BCUT2D eigenvalue weighted by atomic mass is 9.90. The fourth-order valence-electron chi connectivity index (χ4n) is 3.05. The average molecular weight is 497 g/mol. The molecule has 1 aromatic carbocycles. The highest BCUT2D eigenvalue weighted by Crippen LogP contribution is 2.24. The zero-order chi connectivity index (χ0) is 24.1. The number of hydrogen-bond acceptors (Lipinski definition) is 5. The number of ether oxygens (including phenoxy) is 1. The molecule has 1 atom stereocenters. The van der Waals surface area contributed by atoms with Crippen LogP contribution in [0.25, 0.3) is 11.8 Å². The van der Waals surface area contributed by atoms with Gasteiger partial charge in [-0.25, -0.2) is 4.79 Å². The summed E-state index contributed by atoms with van der Waals surface area (Å²) in [6.45, 7) is 8.44. The van der Waals surface area contributed by atoms with Crippen LogP contribution < -0.4 is 5.32 Å². The first kappa shape index (κ1) is 24.9. The highest BCUT2D eigenvalue weighted by atomic mass is 79.9. The summed E-state index contributed by atoms with van der Waals surface area (Å²) in [5, 5.41) is 21.3. The van der Waals surface area contributed by atoms with E-state index in [-0.39, 0.29) is 11.5 Å². The van der Waals surface area contributed by atoms with Crippen LogP contribution in [-0.2, 0) is 14.3 Å². The average Bonchev–Trinajstić information content (AvgIpc) is 3.03. The molecule has 0 spiro atoms. The second-order valence-corrected chi connectivity index (χ2v) is 8.82. The minimum Gasteiger partial charge on any atom is -0.451 e. The molecule has 166 valence electrons. The van der Waals surface area contributed by atoms with Crippen molar-refractivity contribution < 1.29 is 14.3 Å². The molecule has 2 aromatic rings. The number of nitrogens with zero attached hydrogens (tertiary/aromatic N) is 3. The van der Waals surface area contributed by atoms with Crippen molar-refractivity contribution in [2.75, 3.05) is 6.61 Å². The molecular weight excluding hydrogens is 472 g/mol. The van der Waals surface area contributed by atoms with Crippen LogP contribution in [0.15, 0.2) is 40.4 Å². The van der Waals surface area contributed by atoms with E-state index in [4.69, 9.17) is 4.74 Å². The second kappa shape index (κ2) is 10.3. The molecule has 0 unspecified atom stereocenters. The van der Waals surface area contributed by atoms with E-state index in [2.05, 4.69) is 27.3 Å². The Morgan fingerprint density at radius 3 is 2.41 bits per heavy atom. The van der Waals surface area contributed by atoms with Crippen molar-refractivity contribution in [2.45, 2.75) is 40.2 Å². The molecule has 1 amide bonds. The third-order valence-corrected chi connectivity index (χ3v) is 5.84. The summed E-state index contributed by atoms with van der Waals surface area (Å²) in [7, 11) is 0. The first-order chi connectivity index (χ1) is 15.0. The van der Waals surface area contributed by atoms with E-state index < -0.39 is 24.0 Å². The normalized spacial score (nSPS) is 13.1. The highest BCUT2D eigenvalue weighted by molar-refractivity contribution is 9.10. The number of aryl methyl sites for hydroxylation is 1. The highest BCUT2D eigenvalue weighted by Gasteiger charge is 2.30. The Morgan fingerprint density at radius 2 is 1.88 bits per heavy atom. The number of carbonyl (C=O) groups excluding carboxylic acids is 2. The topological polar surface area (TPSA) is 108 Å². The third kappa shape index (κ3) is 5.66. The Labute approximate surface area is 196 Å². The standard InChI is InChI=1S/C24H25BrN4O3/c1-15(2)24(5,14-27)28-22(30)13-32-23(31)19(12-26)11-18-10-16(3)29(17(18)4)21-8-6-20(25)7-9-21/h6-11,15H,13H2,1-5H3,(H,28,30)/b19-11+/t24-/m0/s1. The molecule has 0 aliphatic carbocycles. The number of halogens is 1.